The Morgan fingerprint density at radius 1 is 1.28 bits per heavy atom. The van der Waals surface area contributed by atoms with E-state index in [-0.39, 0.29) is 5.92 Å². The van der Waals surface area contributed by atoms with Gasteiger partial charge in [-0.15, -0.1) is 0 Å². The van der Waals surface area contributed by atoms with Crippen LogP contribution in [0.3, 0.4) is 0 Å². The summed E-state index contributed by atoms with van der Waals surface area (Å²) < 4.78 is 11.1. The second-order valence-electron chi connectivity index (χ2n) is 4.96. The van der Waals surface area contributed by atoms with Gasteiger partial charge in [-0.2, -0.15) is 0 Å². The van der Waals surface area contributed by atoms with Gasteiger partial charge in [0, 0.05) is 12.3 Å². The molecule has 1 aliphatic heterocycles. The fourth-order valence-electron chi connectivity index (χ4n) is 2.28. The lowest BCUT2D eigenvalue weighted by atomic mass is 9.94. The number of carbonyl (C=O) groups is 1. The van der Waals surface area contributed by atoms with Crippen LogP contribution in [0.25, 0.3) is 0 Å². The molecule has 0 spiro atoms. The Bertz CT molecular complexity index is 369. The number of aldehydes is 1. The Labute approximate surface area is 108 Å². The third-order valence-electron chi connectivity index (χ3n) is 3.40. The smallest absolute Gasteiger partial charge is 0.165 e. The van der Waals surface area contributed by atoms with E-state index in [9.17, 15) is 4.79 Å². The van der Waals surface area contributed by atoms with Gasteiger partial charge in [-0.05, 0) is 25.3 Å². The minimum atomic E-state index is -0.488. The zero-order chi connectivity index (χ0) is 12.8. The van der Waals surface area contributed by atoms with E-state index >= 15 is 0 Å². The van der Waals surface area contributed by atoms with E-state index in [4.69, 9.17) is 9.47 Å². The van der Waals surface area contributed by atoms with Crippen molar-refractivity contribution in [2.75, 3.05) is 13.2 Å². The lowest BCUT2D eigenvalue weighted by molar-refractivity contribution is -0.149. The maximum Gasteiger partial charge on any atom is 0.165 e. The van der Waals surface area contributed by atoms with Gasteiger partial charge in [-0.25, -0.2) is 0 Å². The molecule has 1 aromatic carbocycles. The van der Waals surface area contributed by atoms with Crippen LogP contribution in [-0.4, -0.2) is 25.3 Å². The Morgan fingerprint density at radius 2 is 1.94 bits per heavy atom. The molecule has 18 heavy (non-hydrogen) atoms. The molecular formula is C15H20O3. The minimum absolute atomic E-state index is 0.0389. The molecule has 0 radical (unpaired) electrons. The zero-order valence-corrected chi connectivity index (χ0v) is 10.8. The van der Waals surface area contributed by atoms with Gasteiger partial charge in [0.15, 0.2) is 5.79 Å². The van der Waals surface area contributed by atoms with E-state index in [2.05, 4.69) is 12.1 Å². The Balaban J connectivity index is 1.84. The van der Waals surface area contributed by atoms with Crippen LogP contribution in [0.5, 0.6) is 0 Å². The van der Waals surface area contributed by atoms with Gasteiger partial charge in [0.05, 0.1) is 13.2 Å². The molecule has 1 heterocycles. The highest BCUT2D eigenvalue weighted by Crippen LogP contribution is 2.26. The highest BCUT2D eigenvalue weighted by Gasteiger charge is 2.31. The monoisotopic (exact) mass is 248 g/mol. The molecular weight excluding hydrogens is 228 g/mol. The molecule has 3 heteroatoms. The second kappa shape index (κ2) is 6.12. The summed E-state index contributed by atoms with van der Waals surface area (Å²) in [5, 5.41) is 0. The van der Waals surface area contributed by atoms with Crippen LogP contribution < -0.4 is 0 Å². The molecule has 1 aliphatic rings. The van der Waals surface area contributed by atoms with Crippen LogP contribution in [-0.2, 0) is 20.7 Å². The van der Waals surface area contributed by atoms with Gasteiger partial charge in [0.25, 0.3) is 0 Å². The molecule has 0 bridgehead atoms. The van der Waals surface area contributed by atoms with Crippen molar-refractivity contribution >= 4 is 6.29 Å². The summed E-state index contributed by atoms with van der Waals surface area (Å²) in [5.41, 5.74) is 1.20. The van der Waals surface area contributed by atoms with Crippen LogP contribution in [0.4, 0.5) is 0 Å². The predicted molar refractivity (Wildman–Crippen MR) is 69.2 cm³/mol. The van der Waals surface area contributed by atoms with Crippen molar-refractivity contribution in [3.8, 4) is 0 Å². The summed E-state index contributed by atoms with van der Waals surface area (Å²) in [6, 6.07) is 10.1. The summed E-state index contributed by atoms with van der Waals surface area (Å²) in [7, 11) is 0. The molecule has 0 saturated carbocycles. The standard InChI is InChI=1S/C15H20O3/c1-15(17-9-10-18-15)8-7-14(12-16)11-13-5-3-2-4-6-13/h2-6,12,14H,7-11H2,1H3. The number of hydrogen-bond acceptors (Lipinski definition) is 3. The van der Waals surface area contributed by atoms with E-state index in [1.165, 1.54) is 5.56 Å². The van der Waals surface area contributed by atoms with E-state index in [0.29, 0.717) is 13.2 Å². The largest absolute Gasteiger partial charge is 0.348 e. The van der Waals surface area contributed by atoms with Gasteiger partial charge in [-0.3, -0.25) is 0 Å². The molecule has 0 amide bonds. The number of benzene rings is 1. The molecule has 3 nitrogen and oxygen atoms in total. The first-order chi connectivity index (χ1) is 8.72. The quantitative estimate of drug-likeness (QED) is 0.726. The van der Waals surface area contributed by atoms with Gasteiger partial charge in [0.2, 0.25) is 0 Å². The summed E-state index contributed by atoms with van der Waals surface area (Å²) in [5.74, 6) is -0.449. The summed E-state index contributed by atoms with van der Waals surface area (Å²) >= 11 is 0. The van der Waals surface area contributed by atoms with E-state index < -0.39 is 5.79 Å². The lowest BCUT2D eigenvalue weighted by Crippen LogP contribution is -2.26. The normalized spacial score (nSPS) is 19.6. The van der Waals surface area contributed by atoms with E-state index in [1.54, 1.807) is 0 Å². The first-order valence-corrected chi connectivity index (χ1v) is 6.49. The average Bonchev–Trinajstić information content (AvgIpc) is 2.83. The number of rotatable bonds is 6. The van der Waals surface area contributed by atoms with Gasteiger partial charge >= 0.3 is 0 Å². The van der Waals surface area contributed by atoms with Gasteiger partial charge in [0.1, 0.15) is 6.29 Å². The molecule has 1 saturated heterocycles. The first-order valence-electron chi connectivity index (χ1n) is 6.49. The molecule has 1 atom stereocenters. The number of carbonyl (C=O) groups excluding carboxylic acids is 1. The van der Waals surface area contributed by atoms with E-state index in [0.717, 1.165) is 25.5 Å². The van der Waals surface area contributed by atoms with Crippen LogP contribution in [0.1, 0.15) is 25.3 Å². The van der Waals surface area contributed by atoms with Crippen LogP contribution in [0.2, 0.25) is 0 Å². The van der Waals surface area contributed by atoms with Crippen LogP contribution >= 0.6 is 0 Å². The fourth-order valence-corrected chi connectivity index (χ4v) is 2.28. The Kier molecular flexibility index (Phi) is 4.50. The van der Waals surface area contributed by atoms with Crippen molar-refractivity contribution in [1.82, 2.24) is 0 Å². The number of ether oxygens (including phenoxy) is 2. The molecule has 1 aromatic rings. The van der Waals surface area contributed by atoms with Crippen LogP contribution in [0, 0.1) is 5.92 Å². The SMILES string of the molecule is CC1(CCC(C=O)Cc2ccccc2)OCCO1. The molecule has 2 rings (SSSR count). The van der Waals surface area contributed by atoms with Crippen molar-refractivity contribution in [3.63, 3.8) is 0 Å². The lowest BCUT2D eigenvalue weighted by Gasteiger charge is -2.23. The van der Waals surface area contributed by atoms with Crippen molar-refractivity contribution in [3.05, 3.63) is 35.9 Å². The fraction of sp³-hybridized carbons (Fsp3) is 0.533. The molecule has 1 fully saturated rings. The molecule has 0 aliphatic carbocycles. The van der Waals surface area contributed by atoms with Crippen LogP contribution in [0.15, 0.2) is 30.3 Å². The maximum absolute atomic E-state index is 11.1. The summed E-state index contributed by atoms with van der Waals surface area (Å²) in [6.07, 6.45) is 3.41. The maximum atomic E-state index is 11.1. The van der Waals surface area contributed by atoms with Crippen molar-refractivity contribution in [2.24, 2.45) is 5.92 Å². The topological polar surface area (TPSA) is 35.5 Å². The molecule has 0 aromatic heterocycles. The molecule has 1 unspecified atom stereocenters. The first kappa shape index (κ1) is 13.2. The number of hydrogen-bond donors (Lipinski definition) is 0. The van der Waals surface area contributed by atoms with Crippen molar-refractivity contribution in [2.45, 2.75) is 32.0 Å². The zero-order valence-electron chi connectivity index (χ0n) is 10.8. The third kappa shape index (κ3) is 3.65. The van der Waals surface area contributed by atoms with E-state index in [1.807, 2.05) is 25.1 Å². The summed E-state index contributed by atoms with van der Waals surface area (Å²) in [6.45, 7) is 3.26. The van der Waals surface area contributed by atoms with Crippen molar-refractivity contribution in [1.29, 1.82) is 0 Å². The predicted octanol–water partition coefficient (Wildman–Crippen LogP) is 2.59. The Morgan fingerprint density at radius 3 is 2.56 bits per heavy atom. The average molecular weight is 248 g/mol. The van der Waals surface area contributed by atoms with Gasteiger partial charge in [-0.1, -0.05) is 30.3 Å². The van der Waals surface area contributed by atoms with Gasteiger partial charge < -0.3 is 14.3 Å². The summed E-state index contributed by atoms with van der Waals surface area (Å²) in [4.78, 5) is 11.1. The Hall–Kier alpha value is -1.19. The molecule has 0 N–H and O–H groups in total. The van der Waals surface area contributed by atoms with Crippen molar-refractivity contribution < 1.29 is 14.3 Å². The second-order valence-corrected chi connectivity index (χ2v) is 4.96. The minimum Gasteiger partial charge on any atom is -0.348 e. The highest BCUT2D eigenvalue weighted by atomic mass is 16.7. The molecule has 98 valence electrons. The third-order valence-corrected chi connectivity index (χ3v) is 3.40. The highest BCUT2D eigenvalue weighted by molar-refractivity contribution is 5.54.